The van der Waals surface area contributed by atoms with Gasteiger partial charge in [-0.25, -0.2) is 13.8 Å². The molecule has 1 heterocycles. The number of benzene rings is 1. The third-order valence-corrected chi connectivity index (χ3v) is 2.80. The molecular formula is C15H11F2NO5. The van der Waals surface area contributed by atoms with E-state index in [0.29, 0.717) is 0 Å². The predicted octanol–water partition coefficient (Wildman–Crippen LogP) is 2.91. The number of aliphatic carboxylic acids is 1. The van der Waals surface area contributed by atoms with Gasteiger partial charge in [0.2, 0.25) is 0 Å². The molecule has 120 valence electrons. The molecule has 2 rings (SSSR count). The fourth-order valence-corrected chi connectivity index (χ4v) is 1.72. The summed E-state index contributed by atoms with van der Waals surface area (Å²) >= 11 is 0. The zero-order chi connectivity index (χ0) is 17.0. The minimum atomic E-state index is -1.14. The van der Waals surface area contributed by atoms with E-state index in [1.807, 2.05) is 0 Å². The predicted molar refractivity (Wildman–Crippen MR) is 73.5 cm³/mol. The molecule has 0 saturated heterocycles. The first-order valence-electron chi connectivity index (χ1n) is 6.43. The molecule has 0 spiro atoms. The summed E-state index contributed by atoms with van der Waals surface area (Å²) in [5.41, 5.74) is -0.288. The summed E-state index contributed by atoms with van der Waals surface area (Å²) in [6, 6.07) is 3.95. The van der Waals surface area contributed by atoms with Gasteiger partial charge in [0.25, 0.3) is 0 Å². The highest BCUT2D eigenvalue weighted by molar-refractivity contribution is 5.98. The third kappa shape index (κ3) is 4.22. The number of ketones is 1. The number of Topliss-reactive ketones (excluding diaryl/α,β-unsaturated/α-hetero) is 1. The molecule has 0 saturated carbocycles. The number of aromatic nitrogens is 1. The fraction of sp³-hybridized carbons (Fsp3) is 0.133. The Labute approximate surface area is 129 Å². The van der Waals surface area contributed by atoms with Crippen molar-refractivity contribution in [3.05, 3.63) is 47.8 Å². The summed E-state index contributed by atoms with van der Waals surface area (Å²) in [5, 5.41) is 18.3. The maximum Gasteiger partial charge on any atom is 0.303 e. The van der Waals surface area contributed by atoms with E-state index in [-0.39, 0.29) is 30.0 Å². The van der Waals surface area contributed by atoms with Gasteiger partial charge in [0, 0.05) is 18.6 Å². The normalized spacial score (nSPS) is 10.3. The summed E-state index contributed by atoms with van der Waals surface area (Å²) in [6.45, 7) is 0. The Hall–Kier alpha value is -3.03. The number of carboxylic acid groups (broad SMARTS) is 1. The molecule has 0 aliphatic heterocycles. The van der Waals surface area contributed by atoms with Crippen LogP contribution in [0, 0.1) is 11.6 Å². The van der Waals surface area contributed by atoms with Crippen molar-refractivity contribution < 1.29 is 33.3 Å². The quantitative estimate of drug-likeness (QED) is 0.793. The molecule has 2 N–H and O–H groups in total. The zero-order valence-corrected chi connectivity index (χ0v) is 11.6. The molecule has 23 heavy (non-hydrogen) atoms. The Kier molecular flexibility index (Phi) is 4.85. The Morgan fingerprint density at radius 3 is 2.43 bits per heavy atom. The number of carboxylic acids is 1. The molecule has 0 aliphatic carbocycles. The van der Waals surface area contributed by atoms with Gasteiger partial charge in [-0.05, 0) is 12.1 Å². The molecule has 1 aromatic heterocycles. The summed E-state index contributed by atoms with van der Waals surface area (Å²) < 4.78 is 31.1. The number of aromatic hydroxyl groups is 1. The van der Waals surface area contributed by atoms with Crippen LogP contribution in [0.15, 0.2) is 30.5 Å². The van der Waals surface area contributed by atoms with E-state index in [9.17, 15) is 23.5 Å². The number of hydrogen-bond acceptors (Lipinski definition) is 5. The van der Waals surface area contributed by atoms with Gasteiger partial charge in [0.05, 0.1) is 12.6 Å². The maximum atomic E-state index is 13.1. The van der Waals surface area contributed by atoms with Gasteiger partial charge < -0.3 is 14.9 Å². The lowest BCUT2D eigenvalue weighted by Crippen LogP contribution is -2.06. The average Bonchev–Trinajstić information content (AvgIpc) is 2.49. The minimum Gasteiger partial charge on any atom is -0.505 e. The SMILES string of the molecule is O=C(O)CCC(=O)c1ncc(Oc2ccc(F)c(F)c2)cc1O. The van der Waals surface area contributed by atoms with Gasteiger partial charge in [-0.3, -0.25) is 9.59 Å². The number of hydrogen-bond donors (Lipinski definition) is 2. The van der Waals surface area contributed by atoms with Crippen molar-refractivity contribution in [2.75, 3.05) is 0 Å². The average molecular weight is 323 g/mol. The van der Waals surface area contributed by atoms with Gasteiger partial charge in [-0.1, -0.05) is 0 Å². The second kappa shape index (κ2) is 6.82. The van der Waals surface area contributed by atoms with Crippen LogP contribution in [0.3, 0.4) is 0 Å². The summed E-state index contributed by atoms with van der Waals surface area (Å²) in [4.78, 5) is 25.8. The van der Waals surface area contributed by atoms with Crippen molar-refractivity contribution in [3.63, 3.8) is 0 Å². The highest BCUT2D eigenvalue weighted by atomic mass is 19.2. The van der Waals surface area contributed by atoms with Gasteiger partial charge in [0.15, 0.2) is 17.4 Å². The Balaban J connectivity index is 2.13. The molecule has 8 heteroatoms. The van der Waals surface area contributed by atoms with Crippen LogP contribution in [0.1, 0.15) is 23.3 Å². The first-order valence-corrected chi connectivity index (χ1v) is 6.43. The van der Waals surface area contributed by atoms with Crippen LogP contribution in [0.25, 0.3) is 0 Å². The first-order chi connectivity index (χ1) is 10.9. The van der Waals surface area contributed by atoms with Crippen LogP contribution in [-0.2, 0) is 4.79 Å². The third-order valence-electron chi connectivity index (χ3n) is 2.80. The van der Waals surface area contributed by atoms with Crippen molar-refractivity contribution in [2.45, 2.75) is 12.8 Å². The molecule has 0 unspecified atom stereocenters. The van der Waals surface area contributed by atoms with E-state index in [4.69, 9.17) is 9.84 Å². The lowest BCUT2D eigenvalue weighted by molar-refractivity contribution is -0.136. The molecule has 6 nitrogen and oxygen atoms in total. The highest BCUT2D eigenvalue weighted by Gasteiger charge is 2.15. The largest absolute Gasteiger partial charge is 0.505 e. The second-order valence-electron chi connectivity index (χ2n) is 4.53. The summed E-state index contributed by atoms with van der Waals surface area (Å²) in [6.07, 6.45) is 0.418. The topological polar surface area (TPSA) is 96.7 Å². The van der Waals surface area contributed by atoms with Crippen LogP contribution in [-0.4, -0.2) is 26.9 Å². The zero-order valence-electron chi connectivity index (χ0n) is 11.6. The van der Waals surface area contributed by atoms with E-state index in [1.54, 1.807) is 0 Å². The van der Waals surface area contributed by atoms with Gasteiger partial charge >= 0.3 is 5.97 Å². The van der Waals surface area contributed by atoms with Crippen LogP contribution in [0.5, 0.6) is 17.2 Å². The van der Waals surface area contributed by atoms with E-state index in [2.05, 4.69) is 4.98 Å². The molecule has 0 aliphatic rings. The monoisotopic (exact) mass is 323 g/mol. The van der Waals surface area contributed by atoms with Crippen LogP contribution < -0.4 is 4.74 Å². The van der Waals surface area contributed by atoms with Crippen LogP contribution in [0.2, 0.25) is 0 Å². The number of nitrogens with zero attached hydrogens (tertiary/aromatic N) is 1. The van der Waals surface area contributed by atoms with E-state index in [1.165, 1.54) is 6.07 Å². The number of ether oxygens (including phenoxy) is 1. The standard InChI is InChI=1S/C15H11F2NO5/c16-10-2-1-8(5-11(10)17)23-9-6-13(20)15(18-7-9)12(19)3-4-14(21)22/h1-2,5-7,20H,3-4H2,(H,21,22). The second-order valence-corrected chi connectivity index (χ2v) is 4.53. The molecule has 1 aromatic carbocycles. The Morgan fingerprint density at radius 2 is 1.83 bits per heavy atom. The lowest BCUT2D eigenvalue weighted by Gasteiger charge is -2.08. The smallest absolute Gasteiger partial charge is 0.303 e. The molecule has 0 fully saturated rings. The number of pyridine rings is 1. The number of carbonyl (C=O) groups is 2. The van der Waals surface area contributed by atoms with Gasteiger partial charge in [0.1, 0.15) is 22.9 Å². The number of rotatable bonds is 6. The molecular weight excluding hydrogens is 312 g/mol. The summed E-state index contributed by atoms with van der Waals surface area (Å²) in [7, 11) is 0. The van der Waals surface area contributed by atoms with Crippen LogP contribution in [0.4, 0.5) is 8.78 Å². The van der Waals surface area contributed by atoms with E-state index < -0.39 is 29.1 Å². The fourth-order valence-electron chi connectivity index (χ4n) is 1.72. The summed E-state index contributed by atoms with van der Waals surface area (Å²) in [5.74, 6) is -4.42. The maximum absolute atomic E-state index is 13.1. The molecule has 2 aromatic rings. The van der Waals surface area contributed by atoms with Crippen molar-refractivity contribution in [2.24, 2.45) is 0 Å². The van der Waals surface area contributed by atoms with Crippen molar-refractivity contribution in [1.29, 1.82) is 0 Å². The lowest BCUT2D eigenvalue weighted by atomic mass is 10.1. The van der Waals surface area contributed by atoms with Crippen LogP contribution >= 0.6 is 0 Å². The number of halogens is 2. The highest BCUT2D eigenvalue weighted by Crippen LogP contribution is 2.27. The van der Waals surface area contributed by atoms with Crippen molar-refractivity contribution in [3.8, 4) is 17.2 Å². The minimum absolute atomic E-state index is 0.00305. The van der Waals surface area contributed by atoms with Crippen molar-refractivity contribution >= 4 is 11.8 Å². The van der Waals surface area contributed by atoms with E-state index >= 15 is 0 Å². The molecule has 0 radical (unpaired) electrons. The molecule has 0 bridgehead atoms. The number of carbonyl (C=O) groups excluding carboxylic acids is 1. The Morgan fingerprint density at radius 1 is 1.09 bits per heavy atom. The van der Waals surface area contributed by atoms with Gasteiger partial charge in [-0.15, -0.1) is 0 Å². The first kappa shape index (κ1) is 16.3. The molecule has 0 amide bonds. The van der Waals surface area contributed by atoms with E-state index in [0.717, 1.165) is 24.4 Å². The van der Waals surface area contributed by atoms with Crippen molar-refractivity contribution in [1.82, 2.24) is 4.98 Å². The Bertz CT molecular complexity index is 764. The molecule has 0 atom stereocenters. The van der Waals surface area contributed by atoms with Gasteiger partial charge in [-0.2, -0.15) is 0 Å².